The molecule has 3 rings (SSSR count). The Morgan fingerprint density at radius 3 is 2.21 bits per heavy atom. The molecular formula is C28H32FN3O5S. The molecule has 8 nitrogen and oxygen atoms in total. The van der Waals surface area contributed by atoms with Crippen LogP contribution in [0.5, 0.6) is 5.75 Å². The van der Waals surface area contributed by atoms with Crippen LogP contribution in [0.4, 0.5) is 10.1 Å². The van der Waals surface area contributed by atoms with Crippen LogP contribution in [0.1, 0.15) is 25.8 Å². The normalized spacial score (nSPS) is 11.9. The molecule has 0 saturated carbocycles. The van der Waals surface area contributed by atoms with Crippen molar-refractivity contribution in [2.45, 2.75) is 37.8 Å². The topological polar surface area (TPSA) is 96.0 Å². The number of methoxy groups -OCH3 is 1. The number of rotatable bonds is 12. The lowest BCUT2D eigenvalue weighted by Gasteiger charge is -2.32. The first kappa shape index (κ1) is 28.6. The van der Waals surface area contributed by atoms with Gasteiger partial charge in [0, 0.05) is 18.7 Å². The van der Waals surface area contributed by atoms with Crippen LogP contribution < -0.4 is 14.4 Å². The van der Waals surface area contributed by atoms with Crippen molar-refractivity contribution in [2.24, 2.45) is 0 Å². The number of halogens is 1. The third-order valence-corrected chi connectivity index (χ3v) is 7.77. The van der Waals surface area contributed by atoms with Crippen molar-refractivity contribution in [2.75, 3.05) is 24.5 Å². The fourth-order valence-corrected chi connectivity index (χ4v) is 5.22. The molecule has 0 bridgehead atoms. The second-order valence-corrected chi connectivity index (χ2v) is 10.5. The van der Waals surface area contributed by atoms with Gasteiger partial charge in [-0.25, -0.2) is 12.8 Å². The third-order valence-electron chi connectivity index (χ3n) is 5.99. The summed E-state index contributed by atoms with van der Waals surface area (Å²) in [5.41, 5.74) is 0.440. The first-order valence-corrected chi connectivity index (χ1v) is 13.7. The van der Waals surface area contributed by atoms with Crippen molar-refractivity contribution < 1.29 is 27.1 Å². The van der Waals surface area contributed by atoms with E-state index in [4.69, 9.17) is 4.74 Å². The van der Waals surface area contributed by atoms with E-state index in [2.05, 4.69) is 5.32 Å². The largest absolute Gasteiger partial charge is 0.497 e. The molecule has 0 aliphatic rings. The van der Waals surface area contributed by atoms with Crippen LogP contribution >= 0.6 is 0 Å². The first-order valence-electron chi connectivity index (χ1n) is 12.2. The number of carbonyl (C=O) groups excluding carboxylic acids is 2. The van der Waals surface area contributed by atoms with Gasteiger partial charge in [-0.2, -0.15) is 0 Å². The maximum absolute atomic E-state index is 14.5. The molecule has 1 atom stereocenters. The molecule has 1 N–H and O–H groups in total. The molecule has 38 heavy (non-hydrogen) atoms. The molecule has 0 radical (unpaired) electrons. The van der Waals surface area contributed by atoms with E-state index in [1.807, 2.05) is 6.92 Å². The molecule has 0 spiro atoms. The van der Waals surface area contributed by atoms with Crippen molar-refractivity contribution in [1.29, 1.82) is 0 Å². The van der Waals surface area contributed by atoms with Crippen molar-refractivity contribution >= 4 is 27.5 Å². The SMILES string of the molecule is CCCNC(=O)[C@H](C)N(Cc1ccccc1F)C(=O)CN(c1ccc(OC)cc1)S(=O)(=O)c1ccccc1. The van der Waals surface area contributed by atoms with Gasteiger partial charge in [-0.1, -0.05) is 43.3 Å². The summed E-state index contributed by atoms with van der Waals surface area (Å²) in [6.07, 6.45) is 0.695. The van der Waals surface area contributed by atoms with Crippen LogP contribution in [0.15, 0.2) is 83.8 Å². The van der Waals surface area contributed by atoms with E-state index in [-0.39, 0.29) is 22.7 Å². The van der Waals surface area contributed by atoms with Gasteiger partial charge in [-0.3, -0.25) is 13.9 Å². The van der Waals surface area contributed by atoms with E-state index in [1.54, 1.807) is 36.4 Å². The van der Waals surface area contributed by atoms with Gasteiger partial charge in [0.15, 0.2) is 0 Å². The van der Waals surface area contributed by atoms with Gasteiger partial charge >= 0.3 is 0 Å². The average molecular weight is 542 g/mol. The number of hydrogen-bond donors (Lipinski definition) is 1. The average Bonchev–Trinajstić information content (AvgIpc) is 2.94. The predicted molar refractivity (Wildman–Crippen MR) is 144 cm³/mol. The van der Waals surface area contributed by atoms with Crippen LogP contribution in [0.25, 0.3) is 0 Å². The van der Waals surface area contributed by atoms with E-state index in [0.29, 0.717) is 18.7 Å². The molecular weight excluding hydrogens is 509 g/mol. The quantitative estimate of drug-likeness (QED) is 0.374. The van der Waals surface area contributed by atoms with Crippen molar-refractivity contribution in [3.63, 3.8) is 0 Å². The minimum Gasteiger partial charge on any atom is -0.497 e. The Labute approximate surface area is 223 Å². The standard InChI is InChI=1S/C28H32FN3O5S/c1-4-18-30-28(34)21(2)31(19-22-10-8-9-13-26(22)29)27(33)20-32(23-14-16-24(37-3)17-15-23)38(35,36)25-11-6-5-7-12-25/h5-17,21H,4,18-20H2,1-3H3,(H,30,34)/t21-/m0/s1. The summed E-state index contributed by atoms with van der Waals surface area (Å²) in [4.78, 5) is 27.8. The Morgan fingerprint density at radius 2 is 1.61 bits per heavy atom. The van der Waals surface area contributed by atoms with Crippen molar-refractivity contribution in [1.82, 2.24) is 10.2 Å². The maximum Gasteiger partial charge on any atom is 0.264 e. The van der Waals surface area contributed by atoms with Gasteiger partial charge < -0.3 is 15.0 Å². The summed E-state index contributed by atoms with van der Waals surface area (Å²) in [6.45, 7) is 3.02. The monoisotopic (exact) mass is 541 g/mol. The number of benzene rings is 3. The van der Waals surface area contributed by atoms with Crippen LogP contribution in [-0.4, -0.2) is 51.4 Å². The van der Waals surface area contributed by atoms with Crippen molar-refractivity contribution in [3.8, 4) is 5.75 Å². The Morgan fingerprint density at radius 1 is 0.974 bits per heavy atom. The summed E-state index contributed by atoms with van der Waals surface area (Å²) in [7, 11) is -2.68. The smallest absolute Gasteiger partial charge is 0.264 e. The lowest BCUT2D eigenvalue weighted by molar-refractivity contribution is -0.139. The fraction of sp³-hybridized carbons (Fsp3) is 0.286. The van der Waals surface area contributed by atoms with E-state index in [9.17, 15) is 22.4 Å². The number of ether oxygens (including phenoxy) is 1. The second kappa shape index (κ2) is 13.0. The van der Waals surface area contributed by atoms with Gasteiger partial charge in [0.2, 0.25) is 11.8 Å². The molecule has 0 aliphatic heterocycles. The highest BCUT2D eigenvalue weighted by Gasteiger charge is 2.32. The highest BCUT2D eigenvalue weighted by atomic mass is 32.2. The van der Waals surface area contributed by atoms with E-state index in [1.165, 1.54) is 61.4 Å². The van der Waals surface area contributed by atoms with Crippen LogP contribution in [-0.2, 0) is 26.2 Å². The van der Waals surface area contributed by atoms with Crippen LogP contribution in [0.2, 0.25) is 0 Å². The predicted octanol–water partition coefficient (Wildman–Crippen LogP) is 3.97. The zero-order valence-electron chi connectivity index (χ0n) is 21.6. The molecule has 2 amide bonds. The second-order valence-electron chi connectivity index (χ2n) is 8.60. The van der Waals surface area contributed by atoms with Gasteiger partial charge in [-0.15, -0.1) is 0 Å². The van der Waals surface area contributed by atoms with E-state index in [0.717, 1.165) is 4.31 Å². The Bertz CT molecular complexity index is 1330. The Kier molecular flexibility index (Phi) is 9.84. The Balaban J connectivity index is 2.02. The highest BCUT2D eigenvalue weighted by Crippen LogP contribution is 2.26. The molecule has 10 heteroatoms. The van der Waals surface area contributed by atoms with Gasteiger partial charge in [-0.05, 0) is 55.8 Å². The van der Waals surface area contributed by atoms with Gasteiger partial charge in [0.1, 0.15) is 24.2 Å². The number of hydrogen-bond acceptors (Lipinski definition) is 5. The van der Waals surface area contributed by atoms with Crippen molar-refractivity contribution in [3.05, 3.63) is 90.2 Å². The minimum absolute atomic E-state index is 0.00184. The highest BCUT2D eigenvalue weighted by molar-refractivity contribution is 7.92. The van der Waals surface area contributed by atoms with E-state index < -0.39 is 40.2 Å². The number of nitrogens with one attached hydrogen (secondary N) is 1. The van der Waals surface area contributed by atoms with Gasteiger partial charge in [0.25, 0.3) is 10.0 Å². The zero-order valence-corrected chi connectivity index (χ0v) is 22.4. The summed E-state index contributed by atoms with van der Waals surface area (Å²) in [5.74, 6) is -1.10. The maximum atomic E-state index is 14.5. The lowest BCUT2D eigenvalue weighted by atomic mass is 10.1. The fourth-order valence-electron chi connectivity index (χ4n) is 3.79. The Hall–Kier alpha value is -3.92. The molecule has 202 valence electrons. The zero-order chi connectivity index (χ0) is 27.7. The molecule has 0 saturated heterocycles. The third kappa shape index (κ3) is 6.89. The summed E-state index contributed by atoms with van der Waals surface area (Å²) in [5, 5.41) is 2.75. The van der Waals surface area contributed by atoms with Crippen LogP contribution in [0.3, 0.4) is 0 Å². The van der Waals surface area contributed by atoms with Gasteiger partial charge in [0.05, 0.1) is 17.7 Å². The number of carbonyl (C=O) groups is 2. The molecule has 0 unspecified atom stereocenters. The summed E-state index contributed by atoms with van der Waals surface area (Å²) >= 11 is 0. The first-order chi connectivity index (χ1) is 18.2. The minimum atomic E-state index is -4.17. The lowest BCUT2D eigenvalue weighted by Crippen LogP contribution is -2.51. The number of sulfonamides is 1. The molecule has 3 aromatic carbocycles. The number of amides is 2. The van der Waals surface area contributed by atoms with E-state index >= 15 is 0 Å². The van der Waals surface area contributed by atoms with Crippen LogP contribution in [0, 0.1) is 5.82 Å². The molecule has 0 heterocycles. The molecule has 0 aromatic heterocycles. The summed E-state index contributed by atoms with van der Waals surface area (Å²) in [6, 6.07) is 19.0. The molecule has 0 aliphatic carbocycles. The number of anilines is 1. The molecule has 0 fully saturated rings. The molecule has 3 aromatic rings. The number of nitrogens with zero attached hydrogens (tertiary/aromatic N) is 2. The summed E-state index contributed by atoms with van der Waals surface area (Å²) < 4.78 is 48.1.